The number of esters is 2. The van der Waals surface area contributed by atoms with Crippen LogP contribution in [-0.4, -0.2) is 52.0 Å². The molecule has 5 aliphatic rings. The van der Waals surface area contributed by atoms with Gasteiger partial charge in [-0.25, -0.2) is 4.79 Å². The Morgan fingerprint density at radius 1 is 1.02 bits per heavy atom. The Kier molecular flexibility index (Phi) is 10.8. The summed E-state index contributed by atoms with van der Waals surface area (Å²) in [7, 11) is 0. The summed E-state index contributed by atoms with van der Waals surface area (Å²) in [4.78, 5) is 37.5. The number of aliphatic hydroxyl groups is 2. The van der Waals surface area contributed by atoms with E-state index in [1.165, 1.54) is 24.6 Å². The molecule has 1 aromatic rings. The number of aryl methyl sites for hydroxylation is 1. The van der Waals surface area contributed by atoms with Crippen LogP contribution in [0.25, 0.3) is 0 Å². The number of carbonyl (C=O) groups is 3. The molecule has 1 aromatic carbocycles. The van der Waals surface area contributed by atoms with Gasteiger partial charge in [-0.3, -0.25) is 9.59 Å². The lowest BCUT2D eigenvalue weighted by atomic mass is 9.43. The maximum atomic E-state index is 12.7. The van der Waals surface area contributed by atoms with Gasteiger partial charge in [0.1, 0.15) is 0 Å². The van der Waals surface area contributed by atoms with Gasteiger partial charge in [0.05, 0.1) is 17.8 Å². The van der Waals surface area contributed by atoms with Crippen molar-refractivity contribution in [2.45, 2.75) is 123 Å². The maximum absolute atomic E-state index is 12.7. The van der Waals surface area contributed by atoms with Crippen molar-refractivity contribution in [1.29, 1.82) is 0 Å². The molecule has 11 atom stereocenters. The highest BCUT2D eigenvalue weighted by Gasteiger charge is 2.63. The maximum Gasteiger partial charge on any atom is 0.341 e. The first-order chi connectivity index (χ1) is 22.5. The number of aliphatic hydroxyl groups excluding tert-OH is 2. The average Bonchev–Trinajstić information content (AvgIpc) is 3.43. The second-order valence-corrected chi connectivity index (χ2v) is 17.3. The Morgan fingerprint density at radius 2 is 1.85 bits per heavy atom. The third kappa shape index (κ3) is 7.08. The van der Waals surface area contributed by atoms with Crippen molar-refractivity contribution >= 4 is 28.8 Å². The minimum absolute atomic E-state index is 0.0889. The number of ether oxygens (including phenoxy) is 2. The Balaban J connectivity index is 0.958. The van der Waals surface area contributed by atoms with E-state index in [4.69, 9.17) is 9.47 Å². The van der Waals surface area contributed by atoms with Crippen molar-refractivity contribution in [3.8, 4) is 0 Å². The molecule has 0 amide bonds. The van der Waals surface area contributed by atoms with Gasteiger partial charge in [0.2, 0.25) is 6.79 Å². The standard InChI is InChI=1S/C39H56O7S/c1-24(31-14-15-32-30-13-12-28-21-29(40)17-18-38(28,2)33(30)22-34(41)39(31,32)3)9-16-35(42)45-23-46-36(43)27-7-4-6-25(20-27)10-11-26-8-5-19-47-37(26)44/h4,6-7,20,24,26,28-34,40-41H,5,8-19,21-23H2,1-3H3/t24-,26?,28-,29-,30?,31?,32?,33?,34+,38+,39-/m1/s1. The molecule has 0 radical (unpaired) electrons. The van der Waals surface area contributed by atoms with Crippen molar-refractivity contribution in [3.63, 3.8) is 0 Å². The normalized spacial score (nSPS) is 38.9. The molecule has 6 rings (SSSR count). The second-order valence-electron chi connectivity index (χ2n) is 16.2. The van der Waals surface area contributed by atoms with Gasteiger partial charge in [-0.05, 0) is 148 Å². The number of rotatable bonds is 10. The molecule has 4 saturated carbocycles. The van der Waals surface area contributed by atoms with Crippen LogP contribution in [0.2, 0.25) is 0 Å². The molecule has 5 unspecified atom stereocenters. The van der Waals surface area contributed by atoms with E-state index in [1.807, 2.05) is 12.1 Å². The lowest BCUT2D eigenvalue weighted by Gasteiger charge is -2.62. The van der Waals surface area contributed by atoms with Gasteiger partial charge in [-0.15, -0.1) is 0 Å². The highest BCUT2D eigenvalue weighted by molar-refractivity contribution is 8.13. The van der Waals surface area contributed by atoms with Crippen LogP contribution < -0.4 is 0 Å². The molecule has 0 spiro atoms. The summed E-state index contributed by atoms with van der Waals surface area (Å²) in [5.41, 5.74) is 1.49. The molecular formula is C39H56O7S. The smallest absolute Gasteiger partial charge is 0.341 e. The number of thioether (sulfide) groups is 1. The van der Waals surface area contributed by atoms with Gasteiger partial charge in [0.15, 0.2) is 5.12 Å². The van der Waals surface area contributed by atoms with E-state index < -0.39 is 12.8 Å². The van der Waals surface area contributed by atoms with E-state index >= 15 is 0 Å². The monoisotopic (exact) mass is 668 g/mol. The summed E-state index contributed by atoms with van der Waals surface area (Å²) < 4.78 is 10.6. The Hall–Kier alpha value is -1.90. The third-order valence-corrected chi connectivity index (χ3v) is 15.0. The van der Waals surface area contributed by atoms with E-state index in [9.17, 15) is 24.6 Å². The Labute approximate surface area is 285 Å². The fourth-order valence-corrected chi connectivity index (χ4v) is 12.2. The largest absolute Gasteiger partial charge is 0.428 e. The fraction of sp³-hybridized carbons (Fsp3) is 0.769. The van der Waals surface area contributed by atoms with Crippen LogP contribution in [0, 0.1) is 52.3 Å². The molecule has 0 bridgehead atoms. The topological polar surface area (TPSA) is 110 Å². The van der Waals surface area contributed by atoms with Gasteiger partial charge < -0.3 is 19.7 Å². The zero-order valence-electron chi connectivity index (χ0n) is 28.7. The molecule has 0 aromatic heterocycles. The van der Waals surface area contributed by atoms with Crippen LogP contribution in [0.1, 0.15) is 120 Å². The third-order valence-electron chi connectivity index (χ3n) is 13.9. The first-order valence-corrected chi connectivity index (χ1v) is 19.4. The Morgan fingerprint density at radius 3 is 2.66 bits per heavy atom. The Bertz CT molecular complexity index is 1300. The number of benzene rings is 1. The highest BCUT2D eigenvalue weighted by Crippen LogP contribution is 2.68. The van der Waals surface area contributed by atoms with E-state index in [-0.39, 0.29) is 52.4 Å². The molecular weight excluding hydrogens is 612 g/mol. The molecule has 2 N–H and O–H groups in total. The fourth-order valence-electron chi connectivity index (χ4n) is 11.2. The highest BCUT2D eigenvalue weighted by atomic mass is 32.2. The molecule has 5 fully saturated rings. The number of hydrogen-bond donors (Lipinski definition) is 2. The van der Waals surface area contributed by atoms with E-state index in [2.05, 4.69) is 20.8 Å². The summed E-state index contributed by atoms with van der Waals surface area (Å²) in [6.45, 7) is 6.59. The number of hydrogen-bond acceptors (Lipinski definition) is 8. The minimum atomic E-state index is -0.529. The summed E-state index contributed by atoms with van der Waals surface area (Å²) in [6, 6.07) is 7.28. The van der Waals surface area contributed by atoms with Crippen LogP contribution in [-0.2, 0) is 25.5 Å². The van der Waals surface area contributed by atoms with E-state index in [1.54, 1.807) is 12.1 Å². The predicted molar refractivity (Wildman–Crippen MR) is 182 cm³/mol. The quantitative estimate of drug-likeness (QED) is 0.197. The first-order valence-electron chi connectivity index (χ1n) is 18.4. The zero-order valence-corrected chi connectivity index (χ0v) is 29.5. The number of carbonyl (C=O) groups excluding carboxylic acids is 3. The van der Waals surface area contributed by atoms with Crippen molar-refractivity contribution in [2.24, 2.45) is 52.3 Å². The first kappa shape index (κ1) is 34.9. The molecule has 7 nitrogen and oxygen atoms in total. The van der Waals surface area contributed by atoms with Crippen LogP contribution >= 0.6 is 11.8 Å². The molecule has 1 heterocycles. The summed E-state index contributed by atoms with van der Waals surface area (Å²) >= 11 is 1.43. The lowest BCUT2D eigenvalue weighted by molar-refractivity contribution is -0.175. The molecule has 4 aliphatic carbocycles. The van der Waals surface area contributed by atoms with Crippen molar-refractivity contribution in [1.82, 2.24) is 0 Å². The molecule has 8 heteroatoms. The summed E-state index contributed by atoms with van der Waals surface area (Å²) in [5.74, 6) is 2.97. The van der Waals surface area contributed by atoms with Crippen molar-refractivity contribution < 1.29 is 34.1 Å². The van der Waals surface area contributed by atoms with E-state index in [0.717, 1.165) is 75.5 Å². The van der Waals surface area contributed by atoms with Crippen LogP contribution in [0.15, 0.2) is 24.3 Å². The minimum Gasteiger partial charge on any atom is -0.428 e. The number of fused-ring (bicyclic) bond motifs is 5. The van der Waals surface area contributed by atoms with Crippen molar-refractivity contribution in [2.75, 3.05) is 12.5 Å². The van der Waals surface area contributed by atoms with Gasteiger partial charge in [0, 0.05) is 18.1 Å². The van der Waals surface area contributed by atoms with Gasteiger partial charge >= 0.3 is 11.9 Å². The zero-order chi connectivity index (χ0) is 33.3. The van der Waals surface area contributed by atoms with Gasteiger partial charge in [-0.1, -0.05) is 44.7 Å². The molecule has 47 heavy (non-hydrogen) atoms. The molecule has 1 aliphatic heterocycles. The van der Waals surface area contributed by atoms with Gasteiger partial charge in [0.25, 0.3) is 0 Å². The predicted octanol–water partition coefficient (Wildman–Crippen LogP) is 7.35. The van der Waals surface area contributed by atoms with Crippen LogP contribution in [0.5, 0.6) is 0 Å². The molecule has 1 saturated heterocycles. The van der Waals surface area contributed by atoms with E-state index in [0.29, 0.717) is 41.6 Å². The second kappa shape index (κ2) is 14.5. The lowest BCUT2D eigenvalue weighted by Crippen LogP contribution is -2.58. The van der Waals surface area contributed by atoms with Gasteiger partial charge in [-0.2, -0.15) is 0 Å². The molecule has 260 valence electrons. The SMILES string of the molecule is C[C@H](CCC(=O)OCOC(=O)c1cccc(CCC2CCCSC2=O)c1)C1CCC2C3CC[C@@H]4C[C@H](O)CC[C@]4(C)C3C[C@H](O)[C@@]21C. The van der Waals surface area contributed by atoms with Crippen LogP contribution in [0.4, 0.5) is 0 Å². The summed E-state index contributed by atoms with van der Waals surface area (Å²) in [5, 5.41) is 22.4. The average molecular weight is 669 g/mol. The van der Waals surface area contributed by atoms with Crippen molar-refractivity contribution in [3.05, 3.63) is 35.4 Å². The van der Waals surface area contributed by atoms with Crippen LogP contribution in [0.3, 0.4) is 0 Å². The summed E-state index contributed by atoms with van der Waals surface area (Å²) in [6.07, 6.45) is 12.3.